The Kier molecular flexibility index (Phi) is 5.17. The number of carbonyl (C=O) groups excluding carboxylic acids is 1. The number of anilines is 1. The Bertz CT molecular complexity index is 981. The Labute approximate surface area is 162 Å². The SMILES string of the molecule is O=C(Nc1c(F)cccc1F)c1ccc(CN2CCc3ccccc3C2)cc1. The highest BCUT2D eigenvalue weighted by atomic mass is 19.1. The van der Waals surface area contributed by atoms with Gasteiger partial charge in [-0.1, -0.05) is 42.5 Å². The van der Waals surface area contributed by atoms with E-state index in [1.54, 1.807) is 12.1 Å². The summed E-state index contributed by atoms with van der Waals surface area (Å²) in [6.45, 7) is 2.69. The van der Waals surface area contributed by atoms with E-state index < -0.39 is 23.2 Å². The molecule has 0 saturated carbocycles. The maximum absolute atomic E-state index is 13.7. The third-order valence-corrected chi connectivity index (χ3v) is 5.03. The van der Waals surface area contributed by atoms with Crippen LogP contribution in [0.1, 0.15) is 27.0 Å². The molecule has 0 unspecified atom stereocenters. The number of para-hydroxylation sites is 1. The van der Waals surface area contributed by atoms with Gasteiger partial charge in [-0.2, -0.15) is 0 Å². The van der Waals surface area contributed by atoms with Crippen molar-refractivity contribution in [3.63, 3.8) is 0 Å². The third kappa shape index (κ3) is 3.94. The Balaban J connectivity index is 1.41. The Hall–Kier alpha value is -3.05. The molecule has 0 bridgehead atoms. The molecule has 0 spiro atoms. The van der Waals surface area contributed by atoms with Crippen molar-refractivity contribution in [1.82, 2.24) is 4.90 Å². The van der Waals surface area contributed by atoms with Crippen LogP contribution in [-0.2, 0) is 19.5 Å². The van der Waals surface area contributed by atoms with E-state index in [-0.39, 0.29) is 0 Å². The number of carbonyl (C=O) groups is 1. The first-order valence-electron chi connectivity index (χ1n) is 9.23. The molecule has 1 aliphatic rings. The summed E-state index contributed by atoms with van der Waals surface area (Å²) in [7, 11) is 0. The number of hydrogen-bond acceptors (Lipinski definition) is 2. The zero-order valence-electron chi connectivity index (χ0n) is 15.3. The Morgan fingerprint density at radius 3 is 2.29 bits per heavy atom. The number of rotatable bonds is 4. The molecule has 28 heavy (non-hydrogen) atoms. The highest BCUT2D eigenvalue weighted by molar-refractivity contribution is 6.04. The van der Waals surface area contributed by atoms with Crippen LogP contribution in [0.3, 0.4) is 0 Å². The van der Waals surface area contributed by atoms with Gasteiger partial charge in [0.1, 0.15) is 17.3 Å². The zero-order chi connectivity index (χ0) is 19.5. The summed E-state index contributed by atoms with van der Waals surface area (Å²) < 4.78 is 27.4. The van der Waals surface area contributed by atoms with Gasteiger partial charge in [0.05, 0.1) is 0 Å². The van der Waals surface area contributed by atoms with Gasteiger partial charge in [0.2, 0.25) is 0 Å². The molecule has 0 aliphatic carbocycles. The molecular weight excluding hydrogens is 358 g/mol. The van der Waals surface area contributed by atoms with Crippen LogP contribution >= 0.6 is 0 Å². The fraction of sp³-hybridized carbons (Fsp3) is 0.174. The second-order valence-corrected chi connectivity index (χ2v) is 6.98. The molecule has 0 radical (unpaired) electrons. The van der Waals surface area contributed by atoms with E-state index in [2.05, 4.69) is 34.5 Å². The number of halogens is 2. The van der Waals surface area contributed by atoms with Gasteiger partial charge in [0.25, 0.3) is 5.91 Å². The zero-order valence-corrected chi connectivity index (χ0v) is 15.3. The summed E-state index contributed by atoms with van der Waals surface area (Å²) in [5.74, 6) is -2.13. The molecule has 0 saturated heterocycles. The van der Waals surface area contributed by atoms with Crippen LogP contribution in [0.2, 0.25) is 0 Å². The molecule has 3 nitrogen and oxygen atoms in total. The van der Waals surface area contributed by atoms with Crippen molar-refractivity contribution in [3.8, 4) is 0 Å². The lowest BCUT2D eigenvalue weighted by Gasteiger charge is -2.28. The molecule has 142 valence electrons. The van der Waals surface area contributed by atoms with Crippen LogP contribution in [-0.4, -0.2) is 17.4 Å². The van der Waals surface area contributed by atoms with Crippen LogP contribution in [0.5, 0.6) is 0 Å². The topological polar surface area (TPSA) is 32.3 Å². The van der Waals surface area contributed by atoms with E-state index in [1.165, 1.54) is 17.2 Å². The van der Waals surface area contributed by atoms with Gasteiger partial charge < -0.3 is 5.32 Å². The van der Waals surface area contributed by atoms with Crippen molar-refractivity contribution in [2.24, 2.45) is 0 Å². The third-order valence-electron chi connectivity index (χ3n) is 5.03. The lowest BCUT2D eigenvalue weighted by Crippen LogP contribution is -2.29. The molecule has 3 aromatic carbocycles. The highest BCUT2D eigenvalue weighted by Crippen LogP contribution is 2.21. The standard InChI is InChI=1S/C23H20F2N2O/c24-20-6-3-7-21(25)22(20)26-23(28)18-10-8-16(9-11-18)14-27-13-12-17-4-1-2-5-19(17)15-27/h1-11H,12-15H2,(H,26,28). The fourth-order valence-corrected chi connectivity index (χ4v) is 3.51. The van der Waals surface area contributed by atoms with Crippen molar-refractivity contribution < 1.29 is 13.6 Å². The molecule has 0 fully saturated rings. The minimum atomic E-state index is -0.796. The molecule has 5 heteroatoms. The smallest absolute Gasteiger partial charge is 0.255 e. The first-order valence-corrected chi connectivity index (χ1v) is 9.23. The molecule has 1 amide bonds. The van der Waals surface area contributed by atoms with Gasteiger partial charge in [0.15, 0.2) is 0 Å². The van der Waals surface area contributed by atoms with E-state index in [1.807, 2.05) is 12.1 Å². The van der Waals surface area contributed by atoms with Crippen LogP contribution in [0, 0.1) is 11.6 Å². The summed E-state index contributed by atoms with van der Waals surface area (Å²) in [4.78, 5) is 14.7. The van der Waals surface area contributed by atoms with Crippen LogP contribution in [0.25, 0.3) is 0 Å². The van der Waals surface area contributed by atoms with Crippen LogP contribution < -0.4 is 5.32 Å². The predicted molar refractivity (Wildman–Crippen MR) is 105 cm³/mol. The van der Waals surface area contributed by atoms with Crippen LogP contribution in [0.15, 0.2) is 66.7 Å². The molecule has 1 heterocycles. The van der Waals surface area contributed by atoms with Crippen LogP contribution in [0.4, 0.5) is 14.5 Å². The van der Waals surface area contributed by atoms with E-state index in [0.717, 1.165) is 43.8 Å². The first-order chi connectivity index (χ1) is 13.6. The van der Waals surface area contributed by atoms with Gasteiger partial charge in [-0.05, 0) is 47.4 Å². The number of benzene rings is 3. The van der Waals surface area contributed by atoms with E-state index in [9.17, 15) is 13.6 Å². The van der Waals surface area contributed by atoms with Crippen molar-refractivity contribution in [3.05, 3.63) is 101 Å². The van der Waals surface area contributed by atoms with Crippen molar-refractivity contribution in [1.29, 1.82) is 0 Å². The molecule has 4 rings (SSSR count). The number of amides is 1. The summed E-state index contributed by atoms with van der Waals surface area (Å²) in [6.07, 6.45) is 1.03. The molecule has 1 aliphatic heterocycles. The van der Waals surface area contributed by atoms with Crippen molar-refractivity contribution in [2.75, 3.05) is 11.9 Å². The maximum Gasteiger partial charge on any atom is 0.255 e. The van der Waals surface area contributed by atoms with Gasteiger partial charge in [0, 0.05) is 25.2 Å². The van der Waals surface area contributed by atoms with Crippen molar-refractivity contribution in [2.45, 2.75) is 19.5 Å². The second kappa shape index (κ2) is 7.90. The van der Waals surface area contributed by atoms with Gasteiger partial charge in [-0.3, -0.25) is 9.69 Å². The summed E-state index contributed by atoms with van der Waals surface area (Å²) >= 11 is 0. The van der Waals surface area contributed by atoms with E-state index in [4.69, 9.17) is 0 Å². The first kappa shape index (κ1) is 18.3. The number of fused-ring (bicyclic) bond motifs is 1. The van der Waals surface area contributed by atoms with Crippen molar-refractivity contribution >= 4 is 11.6 Å². The summed E-state index contributed by atoms with van der Waals surface area (Å²) in [5.41, 5.74) is 3.79. The molecule has 1 N–H and O–H groups in total. The minimum Gasteiger partial charge on any atom is -0.317 e. The predicted octanol–water partition coefficient (Wildman–Crippen LogP) is 4.78. The number of hydrogen-bond donors (Lipinski definition) is 1. The lowest BCUT2D eigenvalue weighted by atomic mass is 9.99. The minimum absolute atomic E-state index is 0.357. The monoisotopic (exact) mass is 378 g/mol. The maximum atomic E-state index is 13.7. The largest absolute Gasteiger partial charge is 0.317 e. The highest BCUT2D eigenvalue weighted by Gasteiger charge is 2.16. The normalized spacial score (nSPS) is 13.8. The second-order valence-electron chi connectivity index (χ2n) is 6.98. The van der Waals surface area contributed by atoms with Gasteiger partial charge in [-0.15, -0.1) is 0 Å². The molecule has 0 atom stereocenters. The average molecular weight is 378 g/mol. The summed E-state index contributed by atoms with van der Waals surface area (Å²) in [6, 6.07) is 19.1. The van der Waals surface area contributed by atoms with E-state index in [0.29, 0.717) is 5.56 Å². The Morgan fingerprint density at radius 1 is 0.893 bits per heavy atom. The molecule has 0 aromatic heterocycles. The fourth-order valence-electron chi connectivity index (χ4n) is 3.51. The quantitative estimate of drug-likeness (QED) is 0.709. The molecule has 3 aromatic rings. The molecular formula is C23H20F2N2O. The lowest BCUT2D eigenvalue weighted by molar-refractivity contribution is 0.102. The van der Waals surface area contributed by atoms with Gasteiger partial charge >= 0.3 is 0 Å². The number of nitrogens with one attached hydrogen (secondary N) is 1. The van der Waals surface area contributed by atoms with E-state index >= 15 is 0 Å². The number of nitrogens with zero attached hydrogens (tertiary/aromatic N) is 1. The Morgan fingerprint density at radius 2 is 1.57 bits per heavy atom. The average Bonchev–Trinajstić information content (AvgIpc) is 2.71. The van der Waals surface area contributed by atoms with Gasteiger partial charge in [-0.25, -0.2) is 8.78 Å². The summed E-state index contributed by atoms with van der Waals surface area (Å²) in [5, 5.41) is 2.31.